The second kappa shape index (κ2) is 11.0. The number of aliphatic hydroxyl groups excluding tert-OH is 2. The molecule has 1 aliphatic carbocycles. The number of benzene rings is 1. The summed E-state index contributed by atoms with van der Waals surface area (Å²) in [5.41, 5.74) is 15.0. The average Bonchev–Trinajstić information content (AvgIpc) is 3.18. The first kappa shape index (κ1) is 27.0. The van der Waals surface area contributed by atoms with Gasteiger partial charge in [0.1, 0.15) is 0 Å². The van der Waals surface area contributed by atoms with E-state index in [1.54, 1.807) is 4.90 Å². The minimum absolute atomic E-state index is 0.0789. The SMILES string of the molecule is CCN(CC)C(=O)Nn1cc2c3c(c(N)ccc31)C1=CCCN(C)[C@@H]1C2.O=C(O)C(O)C(O)C(=O)O. The molecule has 196 valence electrons. The highest BCUT2D eigenvalue weighted by Gasteiger charge is 2.33. The van der Waals surface area contributed by atoms with Crippen molar-refractivity contribution in [3.8, 4) is 0 Å². The lowest BCUT2D eigenvalue weighted by Gasteiger charge is -2.37. The van der Waals surface area contributed by atoms with Crippen molar-refractivity contribution in [1.82, 2.24) is 14.5 Å². The zero-order chi connectivity index (χ0) is 26.7. The monoisotopic (exact) mass is 503 g/mol. The van der Waals surface area contributed by atoms with Crippen LogP contribution in [0.3, 0.4) is 0 Å². The fourth-order valence-corrected chi connectivity index (χ4v) is 4.63. The number of rotatable bonds is 6. The van der Waals surface area contributed by atoms with Gasteiger partial charge in [-0.15, -0.1) is 0 Å². The zero-order valence-corrected chi connectivity index (χ0v) is 20.5. The van der Waals surface area contributed by atoms with E-state index in [2.05, 4.69) is 29.6 Å². The van der Waals surface area contributed by atoms with Crippen molar-refractivity contribution < 1.29 is 34.8 Å². The lowest BCUT2D eigenvalue weighted by Crippen LogP contribution is -2.39. The van der Waals surface area contributed by atoms with Crippen molar-refractivity contribution in [2.24, 2.45) is 0 Å². The number of amides is 2. The summed E-state index contributed by atoms with van der Waals surface area (Å²) in [5, 5.41) is 33.7. The number of fused-ring (bicyclic) bond motifs is 2. The molecule has 2 aromatic rings. The fourth-order valence-electron chi connectivity index (χ4n) is 4.63. The number of nitrogens with zero attached hydrogens (tertiary/aromatic N) is 3. The topological polar surface area (TPSA) is 182 Å². The van der Waals surface area contributed by atoms with Crippen molar-refractivity contribution in [1.29, 1.82) is 0 Å². The molecule has 7 N–H and O–H groups in total. The van der Waals surface area contributed by atoms with Crippen LogP contribution >= 0.6 is 0 Å². The molecule has 1 aromatic heterocycles. The van der Waals surface area contributed by atoms with Crippen LogP contribution in [0.1, 0.15) is 31.4 Å². The molecule has 0 spiro atoms. The Bertz CT molecular complexity index is 1170. The number of carboxylic acid groups (broad SMARTS) is 2. The van der Waals surface area contributed by atoms with E-state index in [0.717, 1.165) is 36.2 Å². The maximum absolute atomic E-state index is 12.5. The predicted molar refractivity (Wildman–Crippen MR) is 134 cm³/mol. The van der Waals surface area contributed by atoms with Gasteiger partial charge in [-0.25, -0.2) is 19.8 Å². The Balaban J connectivity index is 0.000000308. The maximum Gasteiger partial charge on any atom is 0.336 e. The first-order valence-corrected chi connectivity index (χ1v) is 11.7. The molecular weight excluding hydrogens is 470 g/mol. The summed E-state index contributed by atoms with van der Waals surface area (Å²) in [6, 6.07) is 4.25. The lowest BCUT2D eigenvalue weighted by molar-refractivity contribution is -0.165. The second-order valence-electron chi connectivity index (χ2n) is 8.75. The summed E-state index contributed by atoms with van der Waals surface area (Å²) >= 11 is 0. The first-order valence-electron chi connectivity index (χ1n) is 11.7. The summed E-state index contributed by atoms with van der Waals surface area (Å²) < 4.78 is 1.87. The van der Waals surface area contributed by atoms with Gasteiger partial charge >= 0.3 is 18.0 Å². The Labute approximate surface area is 208 Å². The molecule has 0 radical (unpaired) electrons. The largest absolute Gasteiger partial charge is 0.479 e. The number of carbonyl (C=O) groups is 3. The van der Waals surface area contributed by atoms with Gasteiger partial charge in [-0.1, -0.05) is 6.08 Å². The van der Waals surface area contributed by atoms with Gasteiger partial charge in [0.2, 0.25) is 0 Å². The van der Waals surface area contributed by atoms with Crippen molar-refractivity contribution in [3.05, 3.63) is 35.5 Å². The molecule has 1 aliphatic heterocycles. The van der Waals surface area contributed by atoms with E-state index in [4.69, 9.17) is 26.2 Å². The summed E-state index contributed by atoms with van der Waals surface area (Å²) in [6.07, 6.45) is 1.87. The number of aliphatic carboxylic acids is 2. The molecule has 12 heteroatoms. The molecule has 0 bridgehead atoms. The van der Waals surface area contributed by atoms with Crippen LogP contribution in [0, 0.1) is 0 Å². The van der Waals surface area contributed by atoms with E-state index >= 15 is 0 Å². The maximum atomic E-state index is 12.5. The number of urea groups is 1. The number of nitrogens with two attached hydrogens (primary N) is 1. The third-order valence-electron chi connectivity index (χ3n) is 6.59. The molecule has 2 amide bonds. The van der Waals surface area contributed by atoms with Gasteiger partial charge in [-0.3, -0.25) is 9.58 Å². The molecule has 0 saturated carbocycles. The van der Waals surface area contributed by atoms with Gasteiger partial charge < -0.3 is 31.1 Å². The third kappa shape index (κ3) is 5.15. The minimum Gasteiger partial charge on any atom is -0.479 e. The zero-order valence-electron chi connectivity index (χ0n) is 20.5. The van der Waals surface area contributed by atoms with Crippen molar-refractivity contribution in [2.45, 2.75) is 44.9 Å². The Morgan fingerprint density at radius 2 is 1.75 bits per heavy atom. The van der Waals surface area contributed by atoms with Crippen LogP contribution < -0.4 is 11.2 Å². The van der Waals surface area contributed by atoms with Crippen LogP contribution in [0.15, 0.2) is 24.4 Å². The van der Waals surface area contributed by atoms with E-state index in [-0.39, 0.29) is 6.03 Å². The number of aromatic nitrogens is 1. The van der Waals surface area contributed by atoms with Gasteiger partial charge in [0, 0.05) is 48.5 Å². The highest BCUT2D eigenvalue weighted by Crippen LogP contribution is 2.43. The first-order chi connectivity index (χ1) is 17.0. The number of aliphatic hydroxyl groups is 2. The number of hydrogen-bond donors (Lipinski definition) is 6. The minimum atomic E-state index is -2.27. The van der Waals surface area contributed by atoms with Crippen molar-refractivity contribution >= 4 is 40.1 Å². The third-order valence-corrected chi connectivity index (χ3v) is 6.59. The quantitative estimate of drug-likeness (QED) is 0.310. The molecular formula is C24H33N5O7. The Kier molecular flexibility index (Phi) is 8.23. The smallest absolute Gasteiger partial charge is 0.336 e. The number of likely N-dealkylation sites (N-methyl/N-ethyl adjacent to an activating group) is 1. The van der Waals surface area contributed by atoms with Crippen molar-refractivity contribution in [3.63, 3.8) is 0 Å². The summed E-state index contributed by atoms with van der Waals surface area (Å²) in [4.78, 5) is 36.3. The van der Waals surface area contributed by atoms with E-state index in [9.17, 15) is 14.4 Å². The van der Waals surface area contributed by atoms with Crippen LogP contribution in [0.4, 0.5) is 10.5 Å². The number of nitrogen functional groups attached to an aromatic ring is 1. The van der Waals surface area contributed by atoms with E-state index < -0.39 is 24.1 Å². The van der Waals surface area contributed by atoms with Gasteiger partial charge in [0.25, 0.3) is 0 Å². The number of carbonyl (C=O) groups excluding carboxylic acids is 1. The average molecular weight is 504 g/mol. The van der Waals surface area contributed by atoms with Gasteiger partial charge in [0.05, 0.1) is 5.52 Å². The molecule has 4 rings (SSSR count). The molecule has 2 heterocycles. The predicted octanol–water partition coefficient (Wildman–Crippen LogP) is 0.750. The summed E-state index contributed by atoms with van der Waals surface area (Å²) in [6.45, 7) is 6.42. The summed E-state index contributed by atoms with van der Waals surface area (Å²) in [5.74, 6) is -3.54. The van der Waals surface area contributed by atoms with Crippen molar-refractivity contribution in [2.75, 3.05) is 37.8 Å². The van der Waals surface area contributed by atoms with Crippen LogP contribution in [0.5, 0.6) is 0 Å². The Hall–Kier alpha value is -3.61. The molecule has 36 heavy (non-hydrogen) atoms. The number of hydrogen-bond acceptors (Lipinski definition) is 7. The number of nitrogens with one attached hydrogen (secondary N) is 1. The fraction of sp³-hybridized carbons (Fsp3) is 0.458. The molecule has 1 aromatic carbocycles. The Morgan fingerprint density at radius 1 is 1.14 bits per heavy atom. The molecule has 3 atom stereocenters. The highest BCUT2D eigenvalue weighted by molar-refractivity contribution is 6.03. The van der Waals surface area contributed by atoms with Crippen LogP contribution in [-0.4, -0.2) is 97.8 Å². The molecule has 0 fully saturated rings. The van der Waals surface area contributed by atoms with Gasteiger partial charge in [0.15, 0.2) is 12.2 Å². The molecule has 0 saturated heterocycles. The van der Waals surface area contributed by atoms with Crippen LogP contribution in [0.2, 0.25) is 0 Å². The second-order valence-corrected chi connectivity index (χ2v) is 8.75. The van der Waals surface area contributed by atoms with Gasteiger partial charge in [-0.05, 0) is 57.0 Å². The van der Waals surface area contributed by atoms with E-state index in [1.807, 2.05) is 30.7 Å². The van der Waals surface area contributed by atoms with Crippen LogP contribution in [-0.2, 0) is 16.0 Å². The van der Waals surface area contributed by atoms with Gasteiger partial charge in [-0.2, -0.15) is 0 Å². The Morgan fingerprint density at radius 3 is 2.31 bits per heavy atom. The lowest BCUT2D eigenvalue weighted by atomic mass is 9.81. The van der Waals surface area contributed by atoms with E-state index in [1.165, 1.54) is 16.5 Å². The summed E-state index contributed by atoms with van der Waals surface area (Å²) in [7, 11) is 2.18. The molecule has 2 unspecified atom stereocenters. The van der Waals surface area contributed by atoms with Crippen LogP contribution in [0.25, 0.3) is 16.5 Å². The number of carboxylic acids is 2. The van der Waals surface area contributed by atoms with E-state index in [0.29, 0.717) is 19.1 Å². The molecule has 2 aliphatic rings. The standard InChI is InChI=1S/C20H27N5O.C4H6O6/c1-4-24(5-2)20(26)22-25-12-13-11-17-14(7-6-10-23(17)3)19-15(21)8-9-16(25)18(13)19;5-1(3(7)8)2(6)4(9)10/h7-9,12,17H,4-6,10-11,21H2,1-3H3,(H,22,26);1-2,5-6H,(H,7,8)(H,9,10)/t17-;/m1./s1. The number of anilines is 1. The normalized spacial score (nSPS) is 18.2. The molecule has 12 nitrogen and oxygen atoms in total. The highest BCUT2D eigenvalue weighted by atomic mass is 16.4.